The first-order valence-corrected chi connectivity index (χ1v) is 8.85. The maximum atomic E-state index is 12.3. The molecule has 3 amide bonds. The highest BCUT2D eigenvalue weighted by molar-refractivity contribution is 8.18. The summed E-state index contributed by atoms with van der Waals surface area (Å²) in [4.78, 5) is 37.2. The number of carbonyl (C=O) groups is 3. The van der Waals surface area contributed by atoms with E-state index in [0.717, 1.165) is 16.7 Å². The Hall–Kier alpha value is -1.50. The molecule has 1 N–H and O–H groups in total. The average Bonchev–Trinajstić information content (AvgIpc) is 2.77. The van der Waals surface area contributed by atoms with Crippen LogP contribution in [0.25, 0.3) is 6.08 Å². The van der Waals surface area contributed by atoms with Gasteiger partial charge < -0.3 is 5.32 Å². The van der Waals surface area contributed by atoms with E-state index < -0.39 is 5.91 Å². The van der Waals surface area contributed by atoms with Crippen molar-refractivity contribution < 1.29 is 14.4 Å². The van der Waals surface area contributed by atoms with Gasteiger partial charge >= 0.3 is 0 Å². The molecule has 5 nitrogen and oxygen atoms in total. The second-order valence-electron chi connectivity index (χ2n) is 5.44. The molecule has 1 aromatic rings. The van der Waals surface area contributed by atoms with Crippen LogP contribution in [0.4, 0.5) is 4.79 Å². The molecule has 0 saturated carbocycles. The van der Waals surface area contributed by atoms with Crippen molar-refractivity contribution in [3.8, 4) is 0 Å². The van der Waals surface area contributed by atoms with E-state index in [4.69, 9.17) is 23.2 Å². The van der Waals surface area contributed by atoms with Crippen molar-refractivity contribution in [3.63, 3.8) is 0 Å². The van der Waals surface area contributed by atoms with Crippen LogP contribution in [0, 0.1) is 5.92 Å². The molecule has 1 heterocycles. The average molecular weight is 387 g/mol. The Morgan fingerprint density at radius 2 is 2.04 bits per heavy atom. The Balaban J connectivity index is 2.05. The fourth-order valence-corrected chi connectivity index (χ4v) is 3.27. The first-order valence-electron chi connectivity index (χ1n) is 7.27. The topological polar surface area (TPSA) is 66.5 Å². The highest BCUT2D eigenvalue weighted by atomic mass is 35.5. The molecule has 1 saturated heterocycles. The zero-order valence-corrected chi connectivity index (χ0v) is 15.5. The van der Waals surface area contributed by atoms with E-state index in [0.29, 0.717) is 20.5 Å². The summed E-state index contributed by atoms with van der Waals surface area (Å²) in [5.41, 5.74) is 0.611. The third kappa shape index (κ3) is 4.53. The lowest BCUT2D eigenvalue weighted by molar-refractivity contribution is -0.125. The van der Waals surface area contributed by atoms with Gasteiger partial charge in [0.15, 0.2) is 0 Å². The summed E-state index contributed by atoms with van der Waals surface area (Å²) in [7, 11) is 0. The third-order valence-corrected chi connectivity index (χ3v) is 4.75. The van der Waals surface area contributed by atoms with Gasteiger partial charge in [0.05, 0.1) is 4.91 Å². The minimum atomic E-state index is -0.394. The largest absolute Gasteiger partial charge is 0.354 e. The van der Waals surface area contributed by atoms with Gasteiger partial charge in [-0.15, -0.1) is 0 Å². The third-order valence-electron chi connectivity index (χ3n) is 3.28. The van der Waals surface area contributed by atoms with E-state index in [1.165, 1.54) is 0 Å². The van der Waals surface area contributed by atoms with Gasteiger partial charge in [-0.3, -0.25) is 19.3 Å². The normalized spacial score (nSPS) is 16.4. The van der Waals surface area contributed by atoms with Gasteiger partial charge in [-0.2, -0.15) is 0 Å². The number of amides is 3. The van der Waals surface area contributed by atoms with Crippen molar-refractivity contribution in [3.05, 3.63) is 38.7 Å². The van der Waals surface area contributed by atoms with Gasteiger partial charge in [0.25, 0.3) is 11.1 Å². The maximum absolute atomic E-state index is 12.3. The quantitative estimate of drug-likeness (QED) is 0.781. The SMILES string of the molecule is CC(C)C(=O)NCCN1C(=O)S/C(=C/c2ccc(Cl)cc2Cl)C1=O. The van der Waals surface area contributed by atoms with E-state index in [-0.39, 0.29) is 30.2 Å². The van der Waals surface area contributed by atoms with Crippen LogP contribution < -0.4 is 5.32 Å². The minimum Gasteiger partial charge on any atom is -0.354 e. The molecule has 0 atom stereocenters. The number of benzene rings is 1. The molecule has 0 bridgehead atoms. The predicted octanol–water partition coefficient (Wildman–Crippen LogP) is 3.80. The fraction of sp³-hybridized carbons (Fsp3) is 0.312. The van der Waals surface area contributed by atoms with Crippen LogP contribution in [0.15, 0.2) is 23.1 Å². The lowest BCUT2D eigenvalue weighted by Crippen LogP contribution is -2.38. The van der Waals surface area contributed by atoms with E-state index >= 15 is 0 Å². The maximum Gasteiger partial charge on any atom is 0.293 e. The Morgan fingerprint density at radius 3 is 2.67 bits per heavy atom. The van der Waals surface area contributed by atoms with Crippen LogP contribution in [0.2, 0.25) is 10.0 Å². The Bertz CT molecular complexity index is 719. The molecule has 0 aromatic heterocycles. The first kappa shape index (κ1) is 18.8. The van der Waals surface area contributed by atoms with Gasteiger partial charge in [-0.05, 0) is 35.5 Å². The van der Waals surface area contributed by atoms with Gasteiger partial charge in [-0.25, -0.2) is 0 Å². The molecule has 0 unspecified atom stereocenters. The van der Waals surface area contributed by atoms with Gasteiger partial charge in [0.2, 0.25) is 5.91 Å². The molecule has 1 aliphatic rings. The van der Waals surface area contributed by atoms with Crippen molar-refractivity contribution in [2.24, 2.45) is 5.92 Å². The predicted molar refractivity (Wildman–Crippen MR) is 97.0 cm³/mol. The van der Waals surface area contributed by atoms with E-state index in [2.05, 4.69) is 5.32 Å². The Morgan fingerprint density at radius 1 is 1.33 bits per heavy atom. The first-order chi connectivity index (χ1) is 11.3. The van der Waals surface area contributed by atoms with Crippen molar-refractivity contribution in [1.82, 2.24) is 10.2 Å². The number of rotatable bonds is 5. The van der Waals surface area contributed by atoms with E-state index in [1.54, 1.807) is 38.1 Å². The fourth-order valence-electron chi connectivity index (χ4n) is 1.95. The molecule has 0 radical (unpaired) electrons. The number of hydrogen-bond acceptors (Lipinski definition) is 4. The number of halogens is 2. The molecule has 8 heteroatoms. The van der Waals surface area contributed by atoms with Crippen LogP contribution in [-0.2, 0) is 9.59 Å². The molecule has 0 aliphatic carbocycles. The van der Waals surface area contributed by atoms with E-state index in [9.17, 15) is 14.4 Å². The molecular weight excluding hydrogens is 371 g/mol. The van der Waals surface area contributed by atoms with Gasteiger partial charge in [0, 0.05) is 29.1 Å². The van der Waals surface area contributed by atoms with Crippen LogP contribution in [0.1, 0.15) is 19.4 Å². The highest BCUT2D eigenvalue weighted by Crippen LogP contribution is 2.33. The summed E-state index contributed by atoms with van der Waals surface area (Å²) in [6, 6.07) is 4.91. The second kappa shape index (κ2) is 8.05. The number of carbonyl (C=O) groups excluding carboxylic acids is 3. The van der Waals surface area contributed by atoms with Crippen LogP contribution in [-0.4, -0.2) is 35.0 Å². The molecule has 1 aliphatic heterocycles. The molecule has 1 fully saturated rings. The number of nitrogens with one attached hydrogen (secondary N) is 1. The van der Waals surface area contributed by atoms with Crippen molar-refractivity contribution in [1.29, 1.82) is 0 Å². The smallest absolute Gasteiger partial charge is 0.293 e. The molecule has 24 heavy (non-hydrogen) atoms. The van der Waals surface area contributed by atoms with Crippen LogP contribution in [0.3, 0.4) is 0 Å². The number of hydrogen-bond donors (Lipinski definition) is 1. The van der Waals surface area contributed by atoms with Crippen molar-refractivity contribution >= 4 is 58.1 Å². The number of imide groups is 1. The summed E-state index contributed by atoms with van der Waals surface area (Å²) in [5, 5.41) is 3.21. The molecule has 0 spiro atoms. The summed E-state index contributed by atoms with van der Waals surface area (Å²) >= 11 is 12.8. The van der Waals surface area contributed by atoms with Crippen molar-refractivity contribution in [2.45, 2.75) is 13.8 Å². The van der Waals surface area contributed by atoms with Crippen LogP contribution >= 0.6 is 35.0 Å². The van der Waals surface area contributed by atoms with Crippen LogP contribution in [0.5, 0.6) is 0 Å². The molecule has 128 valence electrons. The number of nitrogens with zero attached hydrogens (tertiary/aromatic N) is 1. The zero-order chi connectivity index (χ0) is 17.9. The molecule has 2 rings (SSSR count). The summed E-state index contributed by atoms with van der Waals surface area (Å²) in [5.74, 6) is -0.660. The van der Waals surface area contributed by atoms with Gasteiger partial charge in [-0.1, -0.05) is 43.1 Å². The Kier molecular flexibility index (Phi) is 6.32. The molecular formula is C16H16Cl2N2O3S. The van der Waals surface area contributed by atoms with E-state index in [1.807, 2.05) is 0 Å². The monoisotopic (exact) mass is 386 g/mol. The zero-order valence-electron chi connectivity index (χ0n) is 13.1. The second-order valence-corrected chi connectivity index (χ2v) is 7.28. The summed E-state index contributed by atoms with van der Waals surface area (Å²) in [6.45, 7) is 3.90. The minimum absolute atomic E-state index is 0.120. The summed E-state index contributed by atoms with van der Waals surface area (Å²) < 4.78 is 0. The Labute approximate surface area is 154 Å². The molecule has 1 aromatic carbocycles. The summed E-state index contributed by atoms with van der Waals surface area (Å²) in [6.07, 6.45) is 1.57. The van der Waals surface area contributed by atoms with Gasteiger partial charge in [0.1, 0.15) is 0 Å². The number of thioether (sulfide) groups is 1. The highest BCUT2D eigenvalue weighted by Gasteiger charge is 2.34. The standard InChI is InChI=1S/C16H16Cl2N2O3S/c1-9(2)14(21)19-5-6-20-15(22)13(24-16(20)23)7-10-3-4-11(17)8-12(10)18/h3-4,7-9H,5-6H2,1-2H3,(H,19,21)/b13-7+. The van der Waals surface area contributed by atoms with Crippen molar-refractivity contribution in [2.75, 3.05) is 13.1 Å². The lowest BCUT2D eigenvalue weighted by Gasteiger charge is -2.13. The lowest BCUT2D eigenvalue weighted by atomic mass is 10.2.